The summed E-state index contributed by atoms with van der Waals surface area (Å²) in [6.45, 7) is 5.73. The first-order valence-corrected chi connectivity index (χ1v) is 5.92. The molecule has 3 nitrogen and oxygen atoms in total. The first-order valence-electron chi connectivity index (χ1n) is 5.92. The molecule has 92 valence electrons. The highest BCUT2D eigenvalue weighted by molar-refractivity contribution is 5.69. The monoisotopic (exact) mass is 226 g/mol. The molecule has 0 spiro atoms. The van der Waals surface area contributed by atoms with Crippen LogP contribution in [0.25, 0.3) is 0 Å². The van der Waals surface area contributed by atoms with Crippen LogP contribution in [0.4, 0.5) is 0 Å². The smallest absolute Gasteiger partial charge is 0.305 e. The molecule has 3 unspecified atom stereocenters. The van der Waals surface area contributed by atoms with Crippen molar-refractivity contribution in [3.05, 3.63) is 12.7 Å². The third-order valence-electron chi connectivity index (χ3n) is 3.77. The molecule has 0 aromatic rings. The van der Waals surface area contributed by atoms with Gasteiger partial charge in [0.05, 0.1) is 12.7 Å². The lowest BCUT2D eigenvalue weighted by Gasteiger charge is -2.40. The quantitative estimate of drug-likeness (QED) is 0.591. The second-order valence-electron chi connectivity index (χ2n) is 4.92. The molecule has 1 N–H and O–H groups in total. The molecule has 3 atom stereocenters. The van der Waals surface area contributed by atoms with Crippen LogP contribution in [0, 0.1) is 11.8 Å². The molecule has 1 fully saturated rings. The van der Waals surface area contributed by atoms with Gasteiger partial charge < -0.3 is 9.84 Å². The molecule has 0 amide bonds. The lowest BCUT2D eigenvalue weighted by Crippen LogP contribution is -2.41. The van der Waals surface area contributed by atoms with Crippen LogP contribution >= 0.6 is 0 Å². The highest BCUT2D eigenvalue weighted by Crippen LogP contribution is 2.40. The van der Waals surface area contributed by atoms with Crippen molar-refractivity contribution in [1.82, 2.24) is 0 Å². The summed E-state index contributed by atoms with van der Waals surface area (Å²) >= 11 is 0. The summed E-state index contributed by atoms with van der Waals surface area (Å²) in [7, 11) is 1.42. The highest BCUT2D eigenvalue weighted by atomic mass is 16.5. The van der Waals surface area contributed by atoms with Crippen LogP contribution < -0.4 is 0 Å². The first-order chi connectivity index (χ1) is 7.51. The van der Waals surface area contributed by atoms with Gasteiger partial charge in [-0.3, -0.25) is 4.79 Å². The van der Waals surface area contributed by atoms with Crippen molar-refractivity contribution in [3.8, 4) is 0 Å². The predicted octanol–water partition coefficient (Wildman–Crippen LogP) is 2.29. The Bertz CT molecular complexity index is 262. The molecule has 1 aliphatic carbocycles. The van der Waals surface area contributed by atoms with Crippen molar-refractivity contribution in [1.29, 1.82) is 0 Å². The van der Waals surface area contributed by atoms with Crippen molar-refractivity contribution < 1.29 is 14.6 Å². The largest absolute Gasteiger partial charge is 0.469 e. The minimum Gasteiger partial charge on any atom is -0.469 e. The van der Waals surface area contributed by atoms with Crippen molar-refractivity contribution >= 4 is 5.97 Å². The maximum atomic E-state index is 11.2. The van der Waals surface area contributed by atoms with Gasteiger partial charge in [-0.1, -0.05) is 13.0 Å². The summed E-state index contributed by atoms with van der Waals surface area (Å²) in [4.78, 5) is 11.2. The normalized spacial score (nSPS) is 34.4. The van der Waals surface area contributed by atoms with E-state index in [1.807, 2.05) is 6.92 Å². The molecule has 0 radical (unpaired) electrons. The van der Waals surface area contributed by atoms with E-state index in [9.17, 15) is 9.90 Å². The third-order valence-corrected chi connectivity index (χ3v) is 3.77. The molecule has 0 saturated heterocycles. The molecule has 16 heavy (non-hydrogen) atoms. The minimum atomic E-state index is -0.617. The summed E-state index contributed by atoms with van der Waals surface area (Å²) in [6, 6.07) is 0. The summed E-state index contributed by atoms with van der Waals surface area (Å²) in [5, 5.41) is 10.4. The van der Waals surface area contributed by atoms with E-state index in [2.05, 4.69) is 11.3 Å². The van der Waals surface area contributed by atoms with Gasteiger partial charge in [0.15, 0.2) is 0 Å². The summed E-state index contributed by atoms with van der Waals surface area (Å²) in [5.41, 5.74) is -0.617. The number of carbonyl (C=O) groups excluding carboxylic acids is 1. The van der Waals surface area contributed by atoms with E-state index in [-0.39, 0.29) is 11.9 Å². The van der Waals surface area contributed by atoms with E-state index in [0.29, 0.717) is 18.8 Å². The fourth-order valence-corrected chi connectivity index (χ4v) is 2.60. The maximum absolute atomic E-state index is 11.2. The zero-order chi connectivity index (χ0) is 12.2. The molecule has 1 saturated carbocycles. The van der Waals surface area contributed by atoms with Crippen LogP contribution in [0.2, 0.25) is 0 Å². The molecule has 1 rings (SSSR count). The Balaban J connectivity index is 2.51. The van der Waals surface area contributed by atoms with E-state index >= 15 is 0 Å². The number of hydrogen-bond donors (Lipinski definition) is 1. The fourth-order valence-electron chi connectivity index (χ4n) is 2.60. The summed E-state index contributed by atoms with van der Waals surface area (Å²) < 4.78 is 4.67. The maximum Gasteiger partial charge on any atom is 0.305 e. The van der Waals surface area contributed by atoms with Gasteiger partial charge in [0.1, 0.15) is 0 Å². The van der Waals surface area contributed by atoms with Crippen LogP contribution in [0.5, 0.6) is 0 Å². The van der Waals surface area contributed by atoms with Crippen molar-refractivity contribution in [2.45, 2.75) is 44.6 Å². The number of methoxy groups -OCH3 is 1. The molecule has 0 bridgehead atoms. The minimum absolute atomic E-state index is 0.147. The van der Waals surface area contributed by atoms with E-state index in [1.165, 1.54) is 7.11 Å². The average Bonchev–Trinajstić information content (AvgIpc) is 2.24. The van der Waals surface area contributed by atoms with Crippen LogP contribution in [0.1, 0.15) is 39.0 Å². The SMILES string of the molecule is C=CCC1(O)CCC(CC(=O)OC)CC1C. The number of rotatable bonds is 4. The van der Waals surface area contributed by atoms with E-state index < -0.39 is 5.60 Å². The molecule has 0 aromatic heterocycles. The molecule has 0 aliphatic heterocycles. The van der Waals surface area contributed by atoms with E-state index in [4.69, 9.17) is 0 Å². The first kappa shape index (κ1) is 13.2. The Labute approximate surface area is 97.5 Å². The van der Waals surface area contributed by atoms with Crippen molar-refractivity contribution in [2.24, 2.45) is 11.8 Å². The molecular weight excluding hydrogens is 204 g/mol. The van der Waals surface area contributed by atoms with E-state index in [0.717, 1.165) is 19.3 Å². The number of hydrogen-bond acceptors (Lipinski definition) is 3. The van der Waals surface area contributed by atoms with Gasteiger partial charge in [0.2, 0.25) is 0 Å². The van der Waals surface area contributed by atoms with Crippen LogP contribution in [0.3, 0.4) is 0 Å². The Morgan fingerprint density at radius 3 is 2.88 bits per heavy atom. The van der Waals surface area contributed by atoms with Gasteiger partial charge in [-0.05, 0) is 37.5 Å². The number of esters is 1. The predicted molar refractivity (Wildman–Crippen MR) is 62.9 cm³/mol. The Morgan fingerprint density at radius 2 is 2.38 bits per heavy atom. The topological polar surface area (TPSA) is 46.5 Å². The van der Waals surface area contributed by atoms with Gasteiger partial charge in [-0.2, -0.15) is 0 Å². The van der Waals surface area contributed by atoms with Gasteiger partial charge in [-0.25, -0.2) is 0 Å². The van der Waals surface area contributed by atoms with Gasteiger partial charge in [0.25, 0.3) is 0 Å². The third kappa shape index (κ3) is 3.08. The zero-order valence-electron chi connectivity index (χ0n) is 10.2. The lowest BCUT2D eigenvalue weighted by molar-refractivity contribution is -0.143. The number of carbonyl (C=O) groups is 1. The van der Waals surface area contributed by atoms with Crippen LogP contribution in [-0.2, 0) is 9.53 Å². The summed E-state index contributed by atoms with van der Waals surface area (Å²) in [6.07, 6.45) is 5.42. The lowest BCUT2D eigenvalue weighted by atomic mass is 9.69. The molecule has 0 aromatic carbocycles. The average molecular weight is 226 g/mol. The second kappa shape index (κ2) is 5.48. The fraction of sp³-hybridized carbons (Fsp3) is 0.769. The molecule has 3 heteroatoms. The van der Waals surface area contributed by atoms with Crippen LogP contribution in [0.15, 0.2) is 12.7 Å². The molecule has 1 aliphatic rings. The zero-order valence-corrected chi connectivity index (χ0v) is 10.2. The van der Waals surface area contributed by atoms with Gasteiger partial charge >= 0.3 is 5.97 Å². The Morgan fingerprint density at radius 1 is 1.69 bits per heavy atom. The number of aliphatic hydroxyl groups is 1. The molecular formula is C13H22O3. The second-order valence-corrected chi connectivity index (χ2v) is 4.92. The van der Waals surface area contributed by atoms with Gasteiger partial charge in [0, 0.05) is 6.42 Å². The number of ether oxygens (including phenoxy) is 1. The van der Waals surface area contributed by atoms with Crippen molar-refractivity contribution in [2.75, 3.05) is 7.11 Å². The Kier molecular flexibility index (Phi) is 4.54. The van der Waals surface area contributed by atoms with Gasteiger partial charge in [-0.15, -0.1) is 6.58 Å². The summed E-state index contributed by atoms with van der Waals surface area (Å²) in [5.74, 6) is 0.424. The van der Waals surface area contributed by atoms with E-state index in [1.54, 1.807) is 6.08 Å². The van der Waals surface area contributed by atoms with Crippen molar-refractivity contribution in [3.63, 3.8) is 0 Å². The molecule has 0 heterocycles. The standard InChI is InChI=1S/C13H22O3/c1-4-6-13(15)7-5-11(8-10(13)2)9-12(14)16-3/h4,10-11,15H,1,5-9H2,2-3H3. The van der Waals surface area contributed by atoms with Crippen LogP contribution in [-0.4, -0.2) is 23.8 Å². The highest BCUT2D eigenvalue weighted by Gasteiger charge is 2.38. The Hall–Kier alpha value is -0.830.